The predicted molar refractivity (Wildman–Crippen MR) is 122 cm³/mol. The largest absolute Gasteiger partial charge is 0.368 e. The smallest absolute Gasteiger partial charge is 0.244 e. The zero-order valence-corrected chi connectivity index (χ0v) is 18.9. The maximum Gasteiger partial charge on any atom is 0.244 e. The number of amides is 3. The molecule has 1 saturated heterocycles. The van der Waals surface area contributed by atoms with Crippen LogP contribution in [0.3, 0.4) is 0 Å². The van der Waals surface area contributed by atoms with Crippen molar-refractivity contribution in [3.8, 4) is 0 Å². The highest BCUT2D eigenvalue weighted by Gasteiger charge is 2.38. The minimum atomic E-state index is -0.813. The molecule has 3 N–H and O–H groups in total. The molecule has 3 aliphatic rings. The Balaban J connectivity index is 1.38. The Morgan fingerprint density at radius 3 is 2.16 bits per heavy atom. The topological polar surface area (TPSA) is 95.7 Å². The molecule has 32 heavy (non-hydrogen) atoms. The van der Waals surface area contributed by atoms with E-state index in [-0.39, 0.29) is 23.8 Å². The minimum Gasteiger partial charge on any atom is -0.368 e. The number of primary amides is 1. The Bertz CT molecular complexity index is 801. The summed E-state index contributed by atoms with van der Waals surface area (Å²) in [6, 6.07) is 8.52. The quantitative estimate of drug-likeness (QED) is 0.709. The number of carbonyl (C=O) groups excluding carboxylic acids is 3. The van der Waals surface area contributed by atoms with Crippen molar-refractivity contribution in [1.82, 2.24) is 15.1 Å². The first kappa shape index (κ1) is 22.8. The number of piperazine rings is 1. The van der Waals surface area contributed by atoms with Gasteiger partial charge >= 0.3 is 0 Å². The number of nitrogens with zero attached hydrogens (tertiary/aromatic N) is 2. The third-order valence-electron chi connectivity index (χ3n) is 7.57. The van der Waals surface area contributed by atoms with Crippen LogP contribution in [-0.4, -0.2) is 59.7 Å². The van der Waals surface area contributed by atoms with Crippen LogP contribution in [0.2, 0.25) is 0 Å². The lowest BCUT2D eigenvalue weighted by molar-refractivity contribution is -0.139. The molecule has 0 radical (unpaired) electrons. The van der Waals surface area contributed by atoms with E-state index in [0.29, 0.717) is 11.5 Å². The number of benzene rings is 1. The van der Waals surface area contributed by atoms with Crippen molar-refractivity contribution >= 4 is 17.7 Å². The summed E-state index contributed by atoms with van der Waals surface area (Å²) in [5, 5.41) is 2.93. The lowest BCUT2D eigenvalue weighted by Gasteiger charge is -2.44. The molecule has 0 spiro atoms. The van der Waals surface area contributed by atoms with Gasteiger partial charge in [0.25, 0.3) is 0 Å². The van der Waals surface area contributed by atoms with Crippen molar-refractivity contribution in [2.75, 3.05) is 26.2 Å². The Morgan fingerprint density at radius 1 is 0.875 bits per heavy atom. The molecule has 0 unspecified atom stereocenters. The predicted octanol–water partition coefficient (Wildman–Crippen LogP) is 2.22. The van der Waals surface area contributed by atoms with Gasteiger partial charge in [0.05, 0.1) is 5.92 Å². The minimum absolute atomic E-state index is 0.0909. The van der Waals surface area contributed by atoms with Crippen molar-refractivity contribution in [2.24, 2.45) is 17.6 Å². The number of hydrogen-bond donors (Lipinski definition) is 2. The second kappa shape index (κ2) is 10.5. The van der Waals surface area contributed by atoms with Gasteiger partial charge in [-0.1, -0.05) is 56.0 Å². The summed E-state index contributed by atoms with van der Waals surface area (Å²) < 4.78 is 0. The van der Waals surface area contributed by atoms with Gasteiger partial charge in [-0.2, -0.15) is 0 Å². The van der Waals surface area contributed by atoms with Crippen LogP contribution in [0.5, 0.6) is 0 Å². The summed E-state index contributed by atoms with van der Waals surface area (Å²) in [7, 11) is 0. The fourth-order valence-electron chi connectivity index (χ4n) is 5.77. The Morgan fingerprint density at radius 2 is 1.50 bits per heavy atom. The van der Waals surface area contributed by atoms with Gasteiger partial charge in [-0.25, -0.2) is 0 Å². The molecular formula is C25H36N4O3. The zero-order valence-electron chi connectivity index (χ0n) is 18.9. The van der Waals surface area contributed by atoms with Gasteiger partial charge in [0, 0.05) is 38.1 Å². The molecule has 174 valence electrons. The molecule has 0 aromatic heterocycles. The first-order valence-corrected chi connectivity index (χ1v) is 12.2. The Hall–Kier alpha value is -2.41. The molecule has 0 bridgehead atoms. The van der Waals surface area contributed by atoms with Crippen molar-refractivity contribution in [2.45, 2.75) is 63.5 Å². The molecule has 3 fully saturated rings. The van der Waals surface area contributed by atoms with Crippen LogP contribution >= 0.6 is 0 Å². The van der Waals surface area contributed by atoms with Crippen LogP contribution in [0.4, 0.5) is 0 Å². The van der Waals surface area contributed by atoms with Crippen molar-refractivity contribution < 1.29 is 14.4 Å². The molecule has 7 nitrogen and oxygen atoms in total. The van der Waals surface area contributed by atoms with Gasteiger partial charge in [-0.05, 0) is 31.2 Å². The summed E-state index contributed by atoms with van der Waals surface area (Å²) in [6.45, 7) is 3.11. The van der Waals surface area contributed by atoms with Crippen LogP contribution in [0, 0.1) is 11.8 Å². The van der Waals surface area contributed by atoms with Crippen molar-refractivity contribution in [3.05, 3.63) is 35.9 Å². The highest BCUT2D eigenvalue weighted by atomic mass is 16.2. The highest BCUT2D eigenvalue weighted by molar-refractivity contribution is 5.88. The van der Waals surface area contributed by atoms with E-state index < -0.39 is 11.9 Å². The van der Waals surface area contributed by atoms with E-state index in [2.05, 4.69) is 10.2 Å². The molecule has 4 rings (SSSR count). The van der Waals surface area contributed by atoms with E-state index in [0.717, 1.165) is 64.7 Å². The van der Waals surface area contributed by atoms with Crippen LogP contribution in [-0.2, 0) is 14.4 Å². The molecule has 1 heterocycles. The van der Waals surface area contributed by atoms with Gasteiger partial charge in [0.2, 0.25) is 17.7 Å². The molecule has 2 saturated carbocycles. The molecular weight excluding hydrogens is 404 g/mol. The molecule has 1 aliphatic heterocycles. The fourth-order valence-corrected chi connectivity index (χ4v) is 5.77. The van der Waals surface area contributed by atoms with Crippen LogP contribution in [0.1, 0.15) is 63.0 Å². The number of nitrogens with two attached hydrogens (primary N) is 1. The van der Waals surface area contributed by atoms with Gasteiger partial charge < -0.3 is 16.0 Å². The maximum absolute atomic E-state index is 13.3. The number of hydrogen-bond acceptors (Lipinski definition) is 4. The average Bonchev–Trinajstić information content (AvgIpc) is 3.37. The van der Waals surface area contributed by atoms with Gasteiger partial charge in [-0.15, -0.1) is 0 Å². The number of nitrogens with one attached hydrogen (secondary N) is 1. The number of rotatable bonds is 6. The van der Waals surface area contributed by atoms with E-state index in [9.17, 15) is 14.4 Å². The van der Waals surface area contributed by atoms with E-state index in [1.165, 1.54) is 12.8 Å². The summed E-state index contributed by atoms with van der Waals surface area (Å²) >= 11 is 0. The third kappa shape index (κ3) is 5.14. The van der Waals surface area contributed by atoms with E-state index in [1.54, 1.807) is 0 Å². The van der Waals surface area contributed by atoms with Crippen LogP contribution in [0.15, 0.2) is 30.3 Å². The van der Waals surface area contributed by atoms with Crippen molar-refractivity contribution in [3.63, 3.8) is 0 Å². The molecule has 7 heteroatoms. The van der Waals surface area contributed by atoms with Gasteiger partial charge in [0.15, 0.2) is 0 Å². The second-order valence-electron chi connectivity index (χ2n) is 9.56. The lowest BCUT2D eigenvalue weighted by atomic mass is 9.82. The molecule has 1 aromatic carbocycles. The van der Waals surface area contributed by atoms with E-state index in [4.69, 9.17) is 5.73 Å². The van der Waals surface area contributed by atoms with E-state index in [1.807, 2.05) is 35.2 Å². The normalized spacial score (nSPS) is 25.9. The first-order valence-electron chi connectivity index (χ1n) is 12.2. The molecule has 3 atom stereocenters. The summed E-state index contributed by atoms with van der Waals surface area (Å²) in [5.41, 5.74) is 6.33. The molecule has 3 amide bonds. The molecule has 2 aliphatic carbocycles. The zero-order chi connectivity index (χ0) is 22.5. The third-order valence-corrected chi connectivity index (χ3v) is 7.57. The summed E-state index contributed by atoms with van der Waals surface area (Å²) in [4.78, 5) is 42.5. The Labute approximate surface area is 190 Å². The average molecular weight is 441 g/mol. The number of carbonyl (C=O) groups is 3. The lowest BCUT2D eigenvalue weighted by Crippen LogP contribution is -2.57. The Kier molecular flexibility index (Phi) is 7.45. The SMILES string of the molecule is NC(=O)[C@@H](NC(=O)[C@@H]1CCCC[C@H]1N1CCN(C(=O)C2CCCC2)CC1)c1ccccc1. The van der Waals surface area contributed by atoms with E-state index >= 15 is 0 Å². The maximum atomic E-state index is 13.3. The fraction of sp³-hybridized carbons (Fsp3) is 0.640. The standard InChI is InChI=1S/C25H36N4O3/c26-23(30)22(18-8-2-1-3-9-18)27-24(31)20-12-6-7-13-21(20)28-14-16-29(17-15-28)25(32)19-10-4-5-11-19/h1-3,8-9,19-22H,4-7,10-17H2,(H2,26,30)(H,27,31)/t20-,21-,22+/m1/s1. The van der Waals surface area contributed by atoms with Crippen molar-refractivity contribution in [1.29, 1.82) is 0 Å². The monoisotopic (exact) mass is 440 g/mol. The van der Waals surface area contributed by atoms with Crippen LogP contribution < -0.4 is 11.1 Å². The molecule has 1 aromatic rings. The van der Waals surface area contributed by atoms with Gasteiger partial charge in [-0.3, -0.25) is 19.3 Å². The summed E-state index contributed by atoms with van der Waals surface area (Å²) in [6.07, 6.45) is 8.32. The van der Waals surface area contributed by atoms with Gasteiger partial charge in [0.1, 0.15) is 6.04 Å². The first-order chi connectivity index (χ1) is 15.5. The van der Waals surface area contributed by atoms with Crippen LogP contribution in [0.25, 0.3) is 0 Å². The highest BCUT2D eigenvalue weighted by Crippen LogP contribution is 2.31. The second-order valence-corrected chi connectivity index (χ2v) is 9.56. The summed E-state index contributed by atoms with van der Waals surface area (Å²) in [5.74, 6) is -0.250.